The molecule has 0 aromatic heterocycles. The summed E-state index contributed by atoms with van der Waals surface area (Å²) >= 11 is 3.37. The molecule has 0 heterocycles. The van der Waals surface area contributed by atoms with Crippen molar-refractivity contribution in [2.45, 2.75) is 6.10 Å². The Morgan fingerprint density at radius 2 is 1.38 bits per heavy atom. The molecule has 3 aromatic rings. The monoisotopic (exact) mass is 409 g/mol. The van der Waals surface area contributed by atoms with Gasteiger partial charge in [-0.1, -0.05) is 93.9 Å². The minimum atomic E-state index is -0.260. The van der Waals surface area contributed by atoms with Gasteiger partial charge in [0, 0.05) is 10.9 Å². The van der Waals surface area contributed by atoms with Crippen molar-refractivity contribution in [3.05, 3.63) is 102 Å². The quantitative estimate of drug-likeness (QED) is 0.275. The number of hydrogen-bond donors (Lipinski definition) is 0. The topological polar surface area (TPSA) is 30.8 Å². The van der Waals surface area contributed by atoms with Gasteiger partial charge in [0.15, 0.2) is 6.10 Å². The molecule has 0 aliphatic rings. The predicted octanol–water partition coefficient (Wildman–Crippen LogP) is 5.60. The number of ether oxygens (including phenoxy) is 1. The molecule has 0 saturated carbocycles. The second-order valence-electron chi connectivity index (χ2n) is 5.62. The van der Waals surface area contributed by atoms with Crippen LogP contribution in [0.3, 0.4) is 0 Å². The standard InChI is InChI=1S/C22H20BrNO2/c23-15-16-25-21-14-8-7-13-20(21)17-24-26-22(18-9-3-1-4-10-18)19-11-5-2-6-12-19/h1-14,17,22H,15-16H2/b24-17+. The molecule has 0 amide bonds. The summed E-state index contributed by atoms with van der Waals surface area (Å²) in [5, 5.41) is 5.02. The number of rotatable bonds is 8. The third kappa shape index (κ3) is 4.96. The minimum Gasteiger partial charge on any atom is -0.492 e. The number of alkyl halides is 1. The van der Waals surface area contributed by atoms with Gasteiger partial charge in [-0.25, -0.2) is 0 Å². The van der Waals surface area contributed by atoms with E-state index >= 15 is 0 Å². The second kappa shape index (κ2) is 9.78. The molecule has 0 fully saturated rings. The fourth-order valence-corrected chi connectivity index (χ4v) is 2.75. The fourth-order valence-electron chi connectivity index (χ4n) is 2.59. The molecule has 0 aliphatic heterocycles. The van der Waals surface area contributed by atoms with Gasteiger partial charge in [0.2, 0.25) is 0 Å². The highest BCUT2D eigenvalue weighted by Gasteiger charge is 2.15. The normalized spacial score (nSPS) is 11.0. The van der Waals surface area contributed by atoms with Crippen molar-refractivity contribution >= 4 is 22.1 Å². The van der Waals surface area contributed by atoms with Gasteiger partial charge < -0.3 is 9.57 Å². The van der Waals surface area contributed by atoms with E-state index in [1.807, 2.05) is 84.9 Å². The molecular weight excluding hydrogens is 390 g/mol. The zero-order valence-electron chi connectivity index (χ0n) is 14.3. The van der Waals surface area contributed by atoms with Gasteiger partial charge >= 0.3 is 0 Å². The molecule has 26 heavy (non-hydrogen) atoms. The SMILES string of the molecule is BrCCOc1ccccc1/C=N/OC(c1ccccc1)c1ccccc1. The van der Waals surface area contributed by atoms with Crippen molar-refractivity contribution in [1.29, 1.82) is 0 Å². The summed E-state index contributed by atoms with van der Waals surface area (Å²) in [5.74, 6) is 0.787. The first kappa shape index (κ1) is 18.2. The Balaban J connectivity index is 1.80. The smallest absolute Gasteiger partial charge is 0.177 e. The van der Waals surface area contributed by atoms with Gasteiger partial charge in [-0.15, -0.1) is 0 Å². The molecule has 132 valence electrons. The highest BCUT2D eigenvalue weighted by atomic mass is 79.9. The van der Waals surface area contributed by atoms with Gasteiger partial charge in [0.05, 0.1) is 12.8 Å². The molecule has 0 spiro atoms. The Morgan fingerprint density at radius 3 is 2.00 bits per heavy atom. The number of hydrogen-bond acceptors (Lipinski definition) is 3. The Hall–Kier alpha value is -2.59. The molecule has 0 radical (unpaired) electrons. The lowest BCUT2D eigenvalue weighted by molar-refractivity contribution is 0.0887. The van der Waals surface area contributed by atoms with E-state index in [1.54, 1.807) is 6.21 Å². The molecule has 0 bridgehead atoms. The van der Waals surface area contributed by atoms with E-state index in [0.29, 0.717) is 6.61 Å². The summed E-state index contributed by atoms with van der Waals surface area (Å²) < 4.78 is 5.72. The maximum absolute atomic E-state index is 5.88. The largest absolute Gasteiger partial charge is 0.492 e. The average molecular weight is 410 g/mol. The zero-order valence-corrected chi connectivity index (χ0v) is 15.9. The first-order chi connectivity index (χ1) is 12.9. The Kier molecular flexibility index (Phi) is 6.85. The molecule has 3 rings (SSSR count). The van der Waals surface area contributed by atoms with Crippen LogP contribution in [-0.4, -0.2) is 18.2 Å². The number of para-hydroxylation sites is 1. The van der Waals surface area contributed by atoms with Crippen LogP contribution < -0.4 is 4.74 Å². The lowest BCUT2D eigenvalue weighted by Gasteiger charge is -2.16. The van der Waals surface area contributed by atoms with E-state index in [-0.39, 0.29) is 6.10 Å². The summed E-state index contributed by atoms with van der Waals surface area (Å²) in [6.45, 7) is 0.600. The lowest BCUT2D eigenvalue weighted by atomic mass is 10.0. The molecule has 0 aliphatic carbocycles. The van der Waals surface area contributed by atoms with Crippen molar-refractivity contribution in [1.82, 2.24) is 0 Å². The van der Waals surface area contributed by atoms with Crippen LogP contribution in [0.25, 0.3) is 0 Å². The van der Waals surface area contributed by atoms with E-state index in [4.69, 9.17) is 9.57 Å². The van der Waals surface area contributed by atoms with Crippen LogP contribution in [0.15, 0.2) is 90.1 Å². The maximum Gasteiger partial charge on any atom is 0.177 e. The summed E-state index contributed by atoms with van der Waals surface area (Å²) in [5.41, 5.74) is 2.99. The second-order valence-corrected chi connectivity index (χ2v) is 6.41. The minimum absolute atomic E-state index is 0.260. The molecule has 0 atom stereocenters. The molecule has 0 N–H and O–H groups in total. The first-order valence-corrected chi connectivity index (χ1v) is 9.57. The maximum atomic E-state index is 5.88. The van der Waals surface area contributed by atoms with E-state index in [2.05, 4.69) is 21.1 Å². The summed E-state index contributed by atoms with van der Waals surface area (Å²) in [6.07, 6.45) is 1.44. The van der Waals surface area contributed by atoms with Crippen LogP contribution in [0.4, 0.5) is 0 Å². The summed E-state index contributed by atoms with van der Waals surface area (Å²) in [7, 11) is 0. The summed E-state index contributed by atoms with van der Waals surface area (Å²) in [4.78, 5) is 5.88. The molecule has 0 saturated heterocycles. The van der Waals surface area contributed by atoms with E-state index < -0.39 is 0 Å². The molecule has 0 unspecified atom stereocenters. The first-order valence-electron chi connectivity index (χ1n) is 8.45. The molecule has 4 heteroatoms. The highest BCUT2D eigenvalue weighted by Crippen LogP contribution is 2.26. The predicted molar refractivity (Wildman–Crippen MR) is 109 cm³/mol. The van der Waals surface area contributed by atoms with E-state index in [0.717, 1.165) is 27.8 Å². The van der Waals surface area contributed by atoms with Crippen LogP contribution in [0.1, 0.15) is 22.8 Å². The van der Waals surface area contributed by atoms with Crippen molar-refractivity contribution in [3.63, 3.8) is 0 Å². The number of oxime groups is 1. The van der Waals surface area contributed by atoms with Gasteiger partial charge in [-0.05, 0) is 23.3 Å². The van der Waals surface area contributed by atoms with E-state index in [9.17, 15) is 0 Å². The Bertz CT molecular complexity index is 782. The van der Waals surface area contributed by atoms with Gasteiger partial charge in [-0.2, -0.15) is 0 Å². The van der Waals surface area contributed by atoms with Crippen molar-refractivity contribution in [2.75, 3.05) is 11.9 Å². The summed E-state index contributed by atoms with van der Waals surface area (Å²) in [6, 6.07) is 27.9. The van der Waals surface area contributed by atoms with Crippen LogP contribution in [-0.2, 0) is 4.84 Å². The van der Waals surface area contributed by atoms with Crippen molar-refractivity contribution in [3.8, 4) is 5.75 Å². The number of halogens is 1. The van der Waals surface area contributed by atoms with Crippen LogP contribution >= 0.6 is 15.9 Å². The number of benzene rings is 3. The van der Waals surface area contributed by atoms with E-state index in [1.165, 1.54) is 0 Å². The molecular formula is C22H20BrNO2. The third-order valence-electron chi connectivity index (χ3n) is 3.82. The fraction of sp³-hybridized carbons (Fsp3) is 0.136. The average Bonchev–Trinajstić information content (AvgIpc) is 2.72. The third-order valence-corrected chi connectivity index (χ3v) is 4.14. The van der Waals surface area contributed by atoms with Crippen LogP contribution in [0.2, 0.25) is 0 Å². The molecule has 3 aromatic carbocycles. The Morgan fingerprint density at radius 1 is 0.808 bits per heavy atom. The zero-order chi connectivity index (χ0) is 18.0. The molecule has 3 nitrogen and oxygen atoms in total. The Labute approximate surface area is 162 Å². The lowest BCUT2D eigenvalue weighted by Crippen LogP contribution is -2.04. The van der Waals surface area contributed by atoms with Gasteiger partial charge in [-0.3, -0.25) is 0 Å². The number of nitrogens with zero attached hydrogens (tertiary/aromatic N) is 1. The van der Waals surface area contributed by atoms with Crippen molar-refractivity contribution in [2.24, 2.45) is 5.16 Å². The van der Waals surface area contributed by atoms with Gasteiger partial charge in [0.1, 0.15) is 5.75 Å². The van der Waals surface area contributed by atoms with Crippen LogP contribution in [0, 0.1) is 0 Å². The van der Waals surface area contributed by atoms with Gasteiger partial charge in [0.25, 0.3) is 0 Å². The van der Waals surface area contributed by atoms with Crippen molar-refractivity contribution < 1.29 is 9.57 Å². The highest BCUT2D eigenvalue weighted by molar-refractivity contribution is 9.09. The van der Waals surface area contributed by atoms with Crippen LogP contribution in [0.5, 0.6) is 5.75 Å².